The summed E-state index contributed by atoms with van der Waals surface area (Å²) in [6.07, 6.45) is 4.21. The molecule has 2 aliphatic carbocycles. The molecular formula is C12H22OS. The van der Waals surface area contributed by atoms with Gasteiger partial charge in [0.15, 0.2) is 0 Å². The molecule has 0 aromatic rings. The van der Waals surface area contributed by atoms with Crippen LogP contribution in [-0.2, 0) is 0 Å². The summed E-state index contributed by atoms with van der Waals surface area (Å²) in [7, 11) is 0. The molecule has 0 aromatic heterocycles. The normalized spacial score (nSPS) is 44.6. The molecule has 2 fully saturated rings. The van der Waals surface area contributed by atoms with Crippen LogP contribution in [0.2, 0.25) is 0 Å². The molecule has 0 aromatic carbocycles. The van der Waals surface area contributed by atoms with Gasteiger partial charge in [0, 0.05) is 11.0 Å². The third kappa shape index (κ3) is 1.26. The number of thioether (sulfide) groups is 1. The fraction of sp³-hybridized carbons (Fsp3) is 1.00. The third-order valence-corrected chi connectivity index (χ3v) is 6.66. The summed E-state index contributed by atoms with van der Waals surface area (Å²) in [5.74, 6) is 1.85. The lowest BCUT2D eigenvalue weighted by atomic mass is 9.71. The maximum Gasteiger partial charge on any atom is 0.0521 e. The Bertz CT molecular complexity index is 226. The van der Waals surface area contributed by atoms with Crippen molar-refractivity contribution in [2.75, 3.05) is 12.4 Å². The van der Waals surface area contributed by atoms with E-state index < -0.39 is 0 Å². The van der Waals surface area contributed by atoms with Gasteiger partial charge in [0.1, 0.15) is 0 Å². The topological polar surface area (TPSA) is 20.2 Å². The van der Waals surface area contributed by atoms with Gasteiger partial charge in [-0.25, -0.2) is 0 Å². The van der Waals surface area contributed by atoms with Crippen LogP contribution in [0.25, 0.3) is 0 Å². The summed E-state index contributed by atoms with van der Waals surface area (Å²) in [6, 6.07) is 0. The number of hydrogen-bond donors (Lipinski definition) is 1. The molecule has 14 heavy (non-hydrogen) atoms. The molecule has 0 unspecified atom stereocenters. The van der Waals surface area contributed by atoms with Crippen molar-refractivity contribution < 1.29 is 5.11 Å². The number of rotatable bonds is 3. The van der Waals surface area contributed by atoms with E-state index in [-0.39, 0.29) is 0 Å². The number of fused-ring (bicyclic) bond motifs is 2. The first-order valence-corrected chi connectivity index (χ1v) is 6.80. The smallest absolute Gasteiger partial charge is 0.0521 e. The lowest BCUT2D eigenvalue weighted by molar-refractivity contribution is 0.156. The lowest BCUT2D eigenvalue weighted by Gasteiger charge is -2.39. The minimum atomic E-state index is 0.336. The Morgan fingerprint density at radius 2 is 2.07 bits per heavy atom. The molecule has 3 atom stereocenters. The van der Waals surface area contributed by atoms with Gasteiger partial charge in [-0.15, -0.1) is 0 Å². The number of hydrogen-bond acceptors (Lipinski definition) is 2. The highest BCUT2D eigenvalue weighted by atomic mass is 32.2. The minimum Gasteiger partial charge on any atom is -0.396 e. The average molecular weight is 214 g/mol. The second-order valence-electron chi connectivity index (χ2n) is 5.69. The van der Waals surface area contributed by atoms with Gasteiger partial charge >= 0.3 is 0 Å². The predicted octanol–water partition coefficient (Wildman–Crippen LogP) is 2.93. The van der Waals surface area contributed by atoms with Crippen LogP contribution in [0, 0.1) is 16.7 Å². The number of aliphatic hydroxyl groups is 1. The Balaban J connectivity index is 2.11. The van der Waals surface area contributed by atoms with Crippen molar-refractivity contribution >= 4 is 11.8 Å². The summed E-state index contributed by atoms with van der Waals surface area (Å²) in [5, 5.41) is 9.68. The Labute approximate surface area is 91.7 Å². The SMILES string of the molecule is CC1(C)[C@H]2CC[C@]1(C)[C@H](SCCO)C2. The van der Waals surface area contributed by atoms with Crippen LogP contribution in [0.3, 0.4) is 0 Å². The molecule has 0 saturated heterocycles. The monoisotopic (exact) mass is 214 g/mol. The van der Waals surface area contributed by atoms with E-state index in [1.165, 1.54) is 19.3 Å². The van der Waals surface area contributed by atoms with Crippen LogP contribution in [0.1, 0.15) is 40.0 Å². The van der Waals surface area contributed by atoms with Crippen molar-refractivity contribution in [2.24, 2.45) is 16.7 Å². The molecule has 2 bridgehead atoms. The van der Waals surface area contributed by atoms with Crippen LogP contribution >= 0.6 is 11.8 Å². The largest absolute Gasteiger partial charge is 0.396 e. The van der Waals surface area contributed by atoms with E-state index in [2.05, 4.69) is 20.8 Å². The first-order chi connectivity index (χ1) is 6.52. The van der Waals surface area contributed by atoms with Crippen LogP contribution in [0.5, 0.6) is 0 Å². The molecule has 0 heterocycles. The van der Waals surface area contributed by atoms with Crippen molar-refractivity contribution in [1.82, 2.24) is 0 Å². The quantitative estimate of drug-likeness (QED) is 0.779. The van der Waals surface area contributed by atoms with Crippen molar-refractivity contribution in [3.8, 4) is 0 Å². The van der Waals surface area contributed by atoms with Crippen LogP contribution in [-0.4, -0.2) is 22.7 Å². The zero-order valence-corrected chi connectivity index (χ0v) is 10.4. The van der Waals surface area contributed by atoms with Gasteiger partial charge < -0.3 is 5.11 Å². The Hall–Kier alpha value is 0.310. The van der Waals surface area contributed by atoms with E-state index >= 15 is 0 Å². The van der Waals surface area contributed by atoms with Crippen molar-refractivity contribution in [3.63, 3.8) is 0 Å². The highest BCUT2D eigenvalue weighted by Gasteiger charge is 2.61. The molecule has 0 amide bonds. The Morgan fingerprint density at radius 1 is 1.36 bits per heavy atom. The van der Waals surface area contributed by atoms with Crippen molar-refractivity contribution in [2.45, 2.75) is 45.3 Å². The summed E-state index contributed by atoms with van der Waals surface area (Å²) in [5.41, 5.74) is 1.05. The van der Waals surface area contributed by atoms with Crippen LogP contribution < -0.4 is 0 Å². The van der Waals surface area contributed by atoms with Crippen LogP contribution in [0.4, 0.5) is 0 Å². The molecule has 0 spiro atoms. The van der Waals surface area contributed by atoms with Gasteiger partial charge in [0.25, 0.3) is 0 Å². The second kappa shape index (κ2) is 3.41. The van der Waals surface area contributed by atoms with E-state index in [0.717, 1.165) is 16.9 Å². The molecular weight excluding hydrogens is 192 g/mol. The molecule has 2 heteroatoms. The lowest BCUT2D eigenvalue weighted by Crippen LogP contribution is -2.34. The average Bonchev–Trinajstić information content (AvgIpc) is 2.46. The van der Waals surface area contributed by atoms with Gasteiger partial charge in [-0.1, -0.05) is 20.8 Å². The van der Waals surface area contributed by atoms with Crippen molar-refractivity contribution in [3.05, 3.63) is 0 Å². The van der Waals surface area contributed by atoms with E-state index in [9.17, 15) is 0 Å². The molecule has 2 aliphatic rings. The summed E-state index contributed by atoms with van der Waals surface area (Å²) < 4.78 is 0. The molecule has 1 nitrogen and oxygen atoms in total. The second-order valence-corrected chi connectivity index (χ2v) is 7.00. The molecule has 0 aliphatic heterocycles. The Kier molecular flexibility index (Phi) is 2.64. The van der Waals surface area contributed by atoms with E-state index in [4.69, 9.17) is 5.11 Å². The maximum atomic E-state index is 8.89. The highest BCUT2D eigenvalue weighted by Crippen LogP contribution is 2.68. The Morgan fingerprint density at radius 3 is 2.50 bits per heavy atom. The molecule has 2 rings (SSSR count). The van der Waals surface area contributed by atoms with Gasteiger partial charge in [0.2, 0.25) is 0 Å². The molecule has 82 valence electrons. The van der Waals surface area contributed by atoms with Gasteiger partial charge in [0.05, 0.1) is 6.61 Å². The number of aliphatic hydroxyl groups excluding tert-OH is 1. The molecule has 2 saturated carbocycles. The fourth-order valence-electron chi connectivity index (χ4n) is 3.58. The van der Waals surface area contributed by atoms with Gasteiger partial charge in [-0.05, 0) is 36.0 Å². The van der Waals surface area contributed by atoms with E-state index in [0.29, 0.717) is 17.4 Å². The summed E-state index contributed by atoms with van der Waals surface area (Å²) in [6.45, 7) is 7.70. The van der Waals surface area contributed by atoms with E-state index in [1.54, 1.807) is 0 Å². The molecule has 0 radical (unpaired) electrons. The van der Waals surface area contributed by atoms with E-state index in [1.807, 2.05) is 11.8 Å². The standard InChI is InChI=1S/C12H22OS/c1-11(2)9-4-5-12(11,3)10(8-9)14-7-6-13/h9-10,13H,4-8H2,1-3H3/t9-,10+,12+/m0/s1. The maximum absolute atomic E-state index is 8.89. The van der Waals surface area contributed by atoms with Crippen molar-refractivity contribution in [1.29, 1.82) is 0 Å². The zero-order chi connectivity index (χ0) is 10.4. The van der Waals surface area contributed by atoms with Crippen LogP contribution in [0.15, 0.2) is 0 Å². The highest BCUT2D eigenvalue weighted by molar-refractivity contribution is 7.99. The first kappa shape index (κ1) is 10.8. The summed E-state index contributed by atoms with van der Waals surface area (Å²) >= 11 is 2.00. The zero-order valence-electron chi connectivity index (χ0n) is 9.55. The first-order valence-electron chi connectivity index (χ1n) is 5.75. The third-order valence-electron chi connectivity index (χ3n) is 5.12. The fourth-order valence-corrected chi connectivity index (χ4v) is 5.13. The van der Waals surface area contributed by atoms with Gasteiger partial charge in [-0.2, -0.15) is 11.8 Å². The molecule has 1 N–H and O–H groups in total. The predicted molar refractivity (Wildman–Crippen MR) is 62.6 cm³/mol. The van der Waals surface area contributed by atoms with Gasteiger partial charge in [-0.3, -0.25) is 0 Å². The summed E-state index contributed by atoms with van der Waals surface area (Å²) in [4.78, 5) is 0. The minimum absolute atomic E-state index is 0.336.